The van der Waals surface area contributed by atoms with Gasteiger partial charge in [0.1, 0.15) is 0 Å². The van der Waals surface area contributed by atoms with E-state index in [1.165, 1.54) is 0 Å². The first kappa shape index (κ1) is 14.1. The summed E-state index contributed by atoms with van der Waals surface area (Å²) in [5.41, 5.74) is 9.93. The molecule has 3 aromatic carbocycles. The van der Waals surface area contributed by atoms with Crippen LogP contribution >= 0.6 is 0 Å². The van der Waals surface area contributed by atoms with Crippen molar-refractivity contribution in [2.75, 3.05) is 11.1 Å². The Hall–Kier alpha value is -2.81. The molecule has 0 aliphatic rings. The maximum absolute atomic E-state index is 12.5. The lowest BCUT2D eigenvalue weighted by Gasteiger charge is -2.13. The van der Waals surface area contributed by atoms with Gasteiger partial charge in [0.15, 0.2) is 0 Å². The van der Waals surface area contributed by atoms with Crippen LogP contribution < -0.4 is 11.1 Å². The number of carbonyl (C=O) groups is 1. The molecule has 0 bridgehead atoms. The van der Waals surface area contributed by atoms with Crippen LogP contribution in [0.5, 0.6) is 0 Å². The molecule has 3 nitrogen and oxygen atoms in total. The second-order valence-electron chi connectivity index (χ2n) is 5.49. The van der Waals surface area contributed by atoms with Crippen LogP contribution in [0.15, 0.2) is 54.6 Å². The summed E-state index contributed by atoms with van der Waals surface area (Å²) in [6.07, 6.45) is 0. The summed E-state index contributed by atoms with van der Waals surface area (Å²) in [7, 11) is 0. The Labute approximate surface area is 129 Å². The van der Waals surface area contributed by atoms with E-state index in [0.29, 0.717) is 11.3 Å². The summed E-state index contributed by atoms with van der Waals surface area (Å²) in [6, 6.07) is 17.5. The molecule has 3 aromatic rings. The molecule has 0 atom stereocenters. The summed E-state index contributed by atoms with van der Waals surface area (Å²) in [6.45, 7) is 3.88. The van der Waals surface area contributed by atoms with Crippen molar-refractivity contribution in [2.24, 2.45) is 0 Å². The average Bonchev–Trinajstić information content (AvgIpc) is 2.54. The molecular weight excluding hydrogens is 272 g/mol. The number of hydrogen-bond acceptors (Lipinski definition) is 2. The van der Waals surface area contributed by atoms with Gasteiger partial charge in [-0.05, 0) is 53.9 Å². The summed E-state index contributed by atoms with van der Waals surface area (Å²) in [5.74, 6) is -0.123. The van der Waals surface area contributed by atoms with Crippen molar-refractivity contribution in [1.82, 2.24) is 0 Å². The van der Waals surface area contributed by atoms with E-state index in [0.717, 1.165) is 27.6 Å². The smallest absolute Gasteiger partial charge is 0.255 e. The van der Waals surface area contributed by atoms with Crippen molar-refractivity contribution in [2.45, 2.75) is 13.8 Å². The summed E-state index contributed by atoms with van der Waals surface area (Å²) in [4.78, 5) is 12.5. The lowest BCUT2D eigenvalue weighted by atomic mass is 10.0. The highest BCUT2D eigenvalue weighted by Gasteiger charge is 2.11. The molecule has 110 valence electrons. The first-order valence-electron chi connectivity index (χ1n) is 7.22. The molecule has 0 saturated carbocycles. The van der Waals surface area contributed by atoms with Gasteiger partial charge in [-0.1, -0.05) is 36.4 Å². The number of carbonyl (C=O) groups excluding carboxylic acids is 1. The van der Waals surface area contributed by atoms with Gasteiger partial charge in [-0.3, -0.25) is 4.79 Å². The van der Waals surface area contributed by atoms with Gasteiger partial charge in [0.2, 0.25) is 0 Å². The predicted octanol–water partition coefficient (Wildman–Crippen LogP) is 4.29. The molecule has 3 heteroatoms. The topological polar surface area (TPSA) is 55.1 Å². The van der Waals surface area contributed by atoms with Crippen LogP contribution in [0, 0.1) is 13.8 Å². The maximum atomic E-state index is 12.5. The number of rotatable bonds is 2. The molecule has 0 aliphatic heterocycles. The minimum absolute atomic E-state index is 0.123. The molecule has 0 heterocycles. The maximum Gasteiger partial charge on any atom is 0.255 e. The highest BCUT2D eigenvalue weighted by Crippen LogP contribution is 2.26. The number of hydrogen-bond donors (Lipinski definition) is 2. The van der Waals surface area contributed by atoms with Crippen molar-refractivity contribution < 1.29 is 4.79 Å². The molecule has 0 unspecified atom stereocenters. The lowest BCUT2D eigenvalue weighted by Crippen LogP contribution is -2.14. The van der Waals surface area contributed by atoms with Crippen molar-refractivity contribution in [3.05, 3.63) is 71.3 Å². The lowest BCUT2D eigenvalue weighted by molar-refractivity contribution is 0.102. The number of benzene rings is 3. The third-order valence-electron chi connectivity index (χ3n) is 3.97. The molecule has 0 spiro atoms. The molecular formula is C19H18N2O. The largest absolute Gasteiger partial charge is 0.398 e. The minimum atomic E-state index is -0.123. The molecule has 0 saturated heterocycles. The van der Waals surface area contributed by atoms with Gasteiger partial charge in [-0.15, -0.1) is 0 Å². The van der Waals surface area contributed by atoms with Gasteiger partial charge < -0.3 is 11.1 Å². The van der Waals surface area contributed by atoms with Crippen LogP contribution in [0.1, 0.15) is 21.5 Å². The molecule has 0 aliphatic carbocycles. The predicted molar refractivity (Wildman–Crippen MR) is 92.2 cm³/mol. The Kier molecular flexibility index (Phi) is 3.55. The summed E-state index contributed by atoms with van der Waals surface area (Å²) < 4.78 is 0. The molecule has 0 aromatic heterocycles. The number of anilines is 2. The Balaban J connectivity index is 1.95. The molecule has 22 heavy (non-hydrogen) atoms. The van der Waals surface area contributed by atoms with E-state index in [1.807, 2.05) is 68.4 Å². The molecule has 3 N–H and O–H groups in total. The van der Waals surface area contributed by atoms with E-state index in [-0.39, 0.29) is 5.91 Å². The van der Waals surface area contributed by atoms with Crippen molar-refractivity contribution in [3.8, 4) is 0 Å². The van der Waals surface area contributed by atoms with Crippen LogP contribution in [0.4, 0.5) is 11.4 Å². The normalized spacial score (nSPS) is 10.6. The number of nitrogen functional groups attached to an aromatic ring is 1. The van der Waals surface area contributed by atoms with Crippen molar-refractivity contribution >= 4 is 28.1 Å². The van der Waals surface area contributed by atoms with Crippen molar-refractivity contribution in [3.63, 3.8) is 0 Å². The third kappa shape index (κ3) is 2.53. The van der Waals surface area contributed by atoms with Crippen LogP contribution in [0.2, 0.25) is 0 Å². The minimum Gasteiger partial charge on any atom is -0.398 e. The van der Waals surface area contributed by atoms with Gasteiger partial charge in [0.05, 0.1) is 0 Å². The van der Waals surface area contributed by atoms with E-state index < -0.39 is 0 Å². The van der Waals surface area contributed by atoms with E-state index in [9.17, 15) is 4.79 Å². The molecule has 0 fully saturated rings. The first-order valence-corrected chi connectivity index (χ1v) is 7.22. The second kappa shape index (κ2) is 5.53. The van der Waals surface area contributed by atoms with Gasteiger partial charge in [-0.25, -0.2) is 0 Å². The molecule has 0 radical (unpaired) electrons. The van der Waals surface area contributed by atoms with Crippen LogP contribution in [-0.4, -0.2) is 5.91 Å². The SMILES string of the molecule is Cc1ccc(N)c(C)c1NC(=O)c1ccc2ccccc2c1. The van der Waals surface area contributed by atoms with E-state index >= 15 is 0 Å². The van der Waals surface area contributed by atoms with E-state index in [4.69, 9.17) is 5.73 Å². The van der Waals surface area contributed by atoms with E-state index in [2.05, 4.69) is 5.32 Å². The summed E-state index contributed by atoms with van der Waals surface area (Å²) >= 11 is 0. The highest BCUT2D eigenvalue weighted by atomic mass is 16.1. The zero-order chi connectivity index (χ0) is 15.7. The van der Waals surface area contributed by atoms with Gasteiger partial charge >= 0.3 is 0 Å². The fourth-order valence-electron chi connectivity index (χ4n) is 2.57. The fraction of sp³-hybridized carbons (Fsp3) is 0.105. The van der Waals surface area contributed by atoms with Gasteiger partial charge in [-0.2, -0.15) is 0 Å². The zero-order valence-corrected chi connectivity index (χ0v) is 12.7. The van der Waals surface area contributed by atoms with Crippen LogP contribution in [-0.2, 0) is 0 Å². The van der Waals surface area contributed by atoms with Gasteiger partial charge in [0, 0.05) is 16.9 Å². The number of amides is 1. The Bertz CT molecular complexity index is 868. The molecule has 1 amide bonds. The van der Waals surface area contributed by atoms with Crippen LogP contribution in [0.25, 0.3) is 10.8 Å². The third-order valence-corrected chi connectivity index (χ3v) is 3.97. The quantitative estimate of drug-likeness (QED) is 0.692. The van der Waals surface area contributed by atoms with Crippen LogP contribution in [0.3, 0.4) is 0 Å². The summed E-state index contributed by atoms with van der Waals surface area (Å²) in [5, 5.41) is 5.15. The number of nitrogens with two attached hydrogens (primary N) is 1. The standard InChI is InChI=1S/C19H18N2O/c1-12-7-10-17(20)13(2)18(12)21-19(22)16-9-8-14-5-3-4-6-15(14)11-16/h3-11H,20H2,1-2H3,(H,21,22). The Morgan fingerprint density at radius 2 is 1.68 bits per heavy atom. The fourth-order valence-corrected chi connectivity index (χ4v) is 2.57. The average molecular weight is 290 g/mol. The number of aryl methyl sites for hydroxylation is 1. The monoisotopic (exact) mass is 290 g/mol. The second-order valence-corrected chi connectivity index (χ2v) is 5.49. The number of fused-ring (bicyclic) bond motifs is 1. The Morgan fingerprint density at radius 3 is 2.45 bits per heavy atom. The van der Waals surface area contributed by atoms with E-state index in [1.54, 1.807) is 0 Å². The number of nitrogens with one attached hydrogen (secondary N) is 1. The molecule has 3 rings (SSSR count). The first-order chi connectivity index (χ1) is 10.6. The van der Waals surface area contributed by atoms with Crippen molar-refractivity contribution in [1.29, 1.82) is 0 Å². The highest BCUT2D eigenvalue weighted by molar-refractivity contribution is 6.07. The zero-order valence-electron chi connectivity index (χ0n) is 12.7. The Morgan fingerprint density at radius 1 is 0.955 bits per heavy atom. The van der Waals surface area contributed by atoms with Gasteiger partial charge in [0.25, 0.3) is 5.91 Å².